The molecule has 0 bridgehead atoms. The third-order valence-corrected chi connectivity index (χ3v) is 3.71. The Kier molecular flexibility index (Phi) is 4.39. The summed E-state index contributed by atoms with van der Waals surface area (Å²) in [6.45, 7) is 3.86. The average molecular weight is 279 g/mol. The van der Waals surface area contributed by atoms with Crippen LogP contribution in [0.5, 0.6) is 5.75 Å². The standard InChI is InChI=1S/C18H17NO2/c1-12-7-6-9-14(13(12)2)18(20)16(11-19)15-8-4-5-10-17(15)21-3/h4-10,16H,1-3H3. The SMILES string of the molecule is COc1ccccc1C(C#N)C(=O)c1cccc(C)c1C. The Balaban J connectivity index is 2.49. The first-order chi connectivity index (χ1) is 10.1. The van der Waals surface area contributed by atoms with Gasteiger partial charge in [0.05, 0.1) is 13.2 Å². The van der Waals surface area contributed by atoms with Gasteiger partial charge in [-0.05, 0) is 31.0 Å². The maximum Gasteiger partial charge on any atom is 0.184 e. The molecule has 0 aliphatic heterocycles. The van der Waals surface area contributed by atoms with Crippen molar-refractivity contribution in [2.75, 3.05) is 7.11 Å². The van der Waals surface area contributed by atoms with E-state index in [0.717, 1.165) is 11.1 Å². The second kappa shape index (κ2) is 6.23. The summed E-state index contributed by atoms with van der Waals surface area (Å²) in [7, 11) is 1.54. The van der Waals surface area contributed by atoms with Crippen molar-refractivity contribution in [1.82, 2.24) is 0 Å². The predicted octanol–water partition coefficient (Wildman–Crippen LogP) is 3.80. The molecule has 106 valence electrons. The quantitative estimate of drug-likeness (QED) is 0.800. The van der Waals surface area contributed by atoms with Crippen molar-refractivity contribution in [3.05, 3.63) is 64.7 Å². The minimum absolute atomic E-state index is 0.191. The lowest BCUT2D eigenvalue weighted by molar-refractivity contribution is 0.0977. The van der Waals surface area contributed by atoms with E-state index in [4.69, 9.17) is 4.74 Å². The molecule has 2 rings (SSSR count). The van der Waals surface area contributed by atoms with Gasteiger partial charge in [-0.3, -0.25) is 4.79 Å². The number of hydrogen-bond donors (Lipinski definition) is 0. The second-order valence-corrected chi connectivity index (χ2v) is 4.92. The number of benzene rings is 2. The maximum atomic E-state index is 12.7. The summed E-state index contributed by atoms with van der Waals surface area (Å²) in [5, 5.41) is 9.46. The number of Topliss-reactive ketones (excluding diaryl/α,β-unsaturated/α-hetero) is 1. The van der Waals surface area contributed by atoms with E-state index in [2.05, 4.69) is 6.07 Å². The molecular weight excluding hydrogens is 262 g/mol. The molecule has 2 aromatic carbocycles. The largest absolute Gasteiger partial charge is 0.496 e. The Morgan fingerprint density at radius 3 is 2.52 bits per heavy atom. The molecule has 21 heavy (non-hydrogen) atoms. The van der Waals surface area contributed by atoms with Crippen LogP contribution in [0.15, 0.2) is 42.5 Å². The summed E-state index contributed by atoms with van der Waals surface area (Å²) < 4.78 is 5.26. The Labute approximate surface area is 124 Å². The van der Waals surface area contributed by atoms with Crippen molar-refractivity contribution in [2.24, 2.45) is 0 Å². The highest BCUT2D eigenvalue weighted by Crippen LogP contribution is 2.30. The molecule has 0 amide bonds. The zero-order valence-corrected chi connectivity index (χ0v) is 12.4. The number of ketones is 1. The minimum Gasteiger partial charge on any atom is -0.496 e. The van der Waals surface area contributed by atoms with Crippen molar-refractivity contribution in [2.45, 2.75) is 19.8 Å². The smallest absolute Gasteiger partial charge is 0.184 e. The molecule has 0 radical (unpaired) electrons. The lowest BCUT2D eigenvalue weighted by Crippen LogP contribution is -2.14. The molecule has 0 aliphatic carbocycles. The first kappa shape index (κ1) is 14.8. The van der Waals surface area contributed by atoms with E-state index in [0.29, 0.717) is 16.9 Å². The maximum absolute atomic E-state index is 12.7. The molecule has 0 heterocycles. The summed E-state index contributed by atoms with van der Waals surface area (Å²) in [6, 6.07) is 14.8. The number of rotatable bonds is 4. The molecule has 2 aromatic rings. The molecule has 0 aromatic heterocycles. The molecule has 0 spiro atoms. The van der Waals surface area contributed by atoms with Crippen molar-refractivity contribution in [3.8, 4) is 11.8 Å². The molecule has 1 unspecified atom stereocenters. The van der Waals surface area contributed by atoms with E-state index in [1.54, 1.807) is 24.3 Å². The number of hydrogen-bond acceptors (Lipinski definition) is 3. The van der Waals surface area contributed by atoms with Crippen molar-refractivity contribution in [3.63, 3.8) is 0 Å². The number of nitrogens with zero attached hydrogens (tertiary/aromatic N) is 1. The van der Waals surface area contributed by atoms with Crippen LogP contribution < -0.4 is 4.74 Å². The molecule has 1 atom stereocenters. The topological polar surface area (TPSA) is 50.1 Å². The zero-order chi connectivity index (χ0) is 15.4. The fraction of sp³-hybridized carbons (Fsp3) is 0.222. The van der Waals surface area contributed by atoms with E-state index < -0.39 is 5.92 Å². The molecule has 0 saturated heterocycles. The van der Waals surface area contributed by atoms with Crippen LogP contribution in [0.1, 0.15) is 33.0 Å². The monoisotopic (exact) mass is 279 g/mol. The van der Waals surface area contributed by atoms with E-state index in [9.17, 15) is 10.1 Å². The number of ether oxygens (including phenoxy) is 1. The van der Waals surface area contributed by atoms with E-state index >= 15 is 0 Å². The van der Waals surface area contributed by atoms with Crippen LogP contribution in [-0.4, -0.2) is 12.9 Å². The van der Waals surface area contributed by atoms with Gasteiger partial charge in [-0.25, -0.2) is 0 Å². The predicted molar refractivity (Wildman–Crippen MR) is 81.6 cm³/mol. The van der Waals surface area contributed by atoms with Gasteiger partial charge in [-0.1, -0.05) is 36.4 Å². The number of aryl methyl sites for hydroxylation is 1. The van der Waals surface area contributed by atoms with Crippen LogP contribution in [0.25, 0.3) is 0 Å². The highest BCUT2D eigenvalue weighted by molar-refractivity contribution is 6.04. The molecule has 0 aliphatic rings. The second-order valence-electron chi connectivity index (χ2n) is 4.92. The van der Waals surface area contributed by atoms with E-state index in [1.807, 2.05) is 32.0 Å². The molecule has 0 saturated carbocycles. The van der Waals surface area contributed by atoms with Crippen molar-refractivity contribution < 1.29 is 9.53 Å². The third kappa shape index (κ3) is 2.80. The highest BCUT2D eigenvalue weighted by Gasteiger charge is 2.25. The molecular formula is C18H17NO2. The van der Waals surface area contributed by atoms with Gasteiger partial charge >= 0.3 is 0 Å². The minimum atomic E-state index is -0.860. The van der Waals surface area contributed by atoms with Crippen molar-refractivity contribution >= 4 is 5.78 Å². The zero-order valence-electron chi connectivity index (χ0n) is 12.4. The summed E-state index contributed by atoms with van der Waals surface area (Å²) in [5.41, 5.74) is 3.15. The van der Waals surface area contributed by atoms with Crippen LogP contribution in [0, 0.1) is 25.2 Å². The van der Waals surface area contributed by atoms with Crippen LogP contribution >= 0.6 is 0 Å². The summed E-state index contributed by atoms with van der Waals surface area (Å²) in [6.07, 6.45) is 0. The first-order valence-corrected chi connectivity index (χ1v) is 6.73. The molecule has 0 N–H and O–H groups in total. The fourth-order valence-electron chi connectivity index (χ4n) is 2.35. The lowest BCUT2D eigenvalue weighted by atomic mass is 9.88. The summed E-state index contributed by atoms with van der Waals surface area (Å²) in [5.74, 6) is -0.493. The number of carbonyl (C=O) groups is 1. The van der Waals surface area contributed by atoms with Gasteiger partial charge in [0.25, 0.3) is 0 Å². The number of methoxy groups -OCH3 is 1. The van der Waals surface area contributed by atoms with Gasteiger partial charge in [0, 0.05) is 11.1 Å². The highest BCUT2D eigenvalue weighted by atomic mass is 16.5. The Morgan fingerprint density at radius 2 is 1.86 bits per heavy atom. The summed E-state index contributed by atoms with van der Waals surface area (Å²) >= 11 is 0. The van der Waals surface area contributed by atoms with Gasteiger partial charge in [-0.2, -0.15) is 5.26 Å². The molecule has 0 fully saturated rings. The number of para-hydroxylation sites is 1. The average Bonchev–Trinajstić information content (AvgIpc) is 2.51. The third-order valence-electron chi connectivity index (χ3n) is 3.71. The van der Waals surface area contributed by atoms with Crippen LogP contribution in [-0.2, 0) is 0 Å². The van der Waals surface area contributed by atoms with Crippen molar-refractivity contribution in [1.29, 1.82) is 5.26 Å². The van der Waals surface area contributed by atoms with E-state index in [-0.39, 0.29) is 5.78 Å². The van der Waals surface area contributed by atoms with Crippen LogP contribution in [0.3, 0.4) is 0 Å². The van der Waals surface area contributed by atoms with Gasteiger partial charge in [0.2, 0.25) is 0 Å². The first-order valence-electron chi connectivity index (χ1n) is 6.73. The van der Waals surface area contributed by atoms with E-state index in [1.165, 1.54) is 7.11 Å². The molecule has 3 heteroatoms. The van der Waals surface area contributed by atoms with Crippen LogP contribution in [0.4, 0.5) is 0 Å². The van der Waals surface area contributed by atoms with Gasteiger partial charge in [0.15, 0.2) is 5.78 Å². The Bertz CT molecular complexity index is 713. The van der Waals surface area contributed by atoms with Gasteiger partial charge < -0.3 is 4.74 Å². The Hall–Kier alpha value is -2.60. The number of nitriles is 1. The normalized spacial score (nSPS) is 11.5. The summed E-state index contributed by atoms with van der Waals surface area (Å²) in [4.78, 5) is 12.7. The fourth-order valence-corrected chi connectivity index (χ4v) is 2.35. The Morgan fingerprint density at radius 1 is 1.14 bits per heavy atom. The van der Waals surface area contributed by atoms with Crippen LogP contribution in [0.2, 0.25) is 0 Å². The molecule has 3 nitrogen and oxygen atoms in total. The number of carbonyl (C=O) groups excluding carboxylic acids is 1. The lowest BCUT2D eigenvalue weighted by Gasteiger charge is -2.14. The van der Waals surface area contributed by atoms with Gasteiger partial charge in [-0.15, -0.1) is 0 Å². The van der Waals surface area contributed by atoms with Gasteiger partial charge in [0.1, 0.15) is 11.7 Å².